The second-order valence-electron chi connectivity index (χ2n) is 4.97. The Kier molecular flexibility index (Phi) is 5.49. The van der Waals surface area contributed by atoms with Crippen LogP contribution in [-0.2, 0) is 22.6 Å². The molecule has 0 aromatic heterocycles. The Morgan fingerprint density at radius 1 is 0.905 bits per heavy atom. The van der Waals surface area contributed by atoms with E-state index < -0.39 is 18.1 Å². The minimum Gasteiger partial charge on any atom is -0.460 e. The van der Waals surface area contributed by atoms with Crippen molar-refractivity contribution >= 4 is 5.97 Å². The molecule has 21 heavy (non-hydrogen) atoms. The first-order valence-electron chi connectivity index (χ1n) is 6.92. The van der Waals surface area contributed by atoms with Gasteiger partial charge in [-0.15, -0.1) is 0 Å². The molecule has 0 bridgehead atoms. The molecule has 4 N–H and O–H groups in total. The Bertz CT molecular complexity index is 558. The molecule has 0 radical (unpaired) electrons. The molecule has 2 rings (SSSR count). The summed E-state index contributed by atoms with van der Waals surface area (Å²) in [6.45, 7) is 0.214. The molecule has 0 spiro atoms. The van der Waals surface area contributed by atoms with Gasteiger partial charge in [0.2, 0.25) is 0 Å². The third kappa shape index (κ3) is 4.70. The van der Waals surface area contributed by atoms with Gasteiger partial charge >= 0.3 is 5.97 Å². The fourth-order valence-electron chi connectivity index (χ4n) is 2.01. The first-order chi connectivity index (χ1) is 10.2. The van der Waals surface area contributed by atoms with Crippen LogP contribution in [0.15, 0.2) is 60.7 Å². The molecule has 4 nitrogen and oxygen atoms in total. The van der Waals surface area contributed by atoms with E-state index in [0.29, 0.717) is 6.42 Å². The summed E-state index contributed by atoms with van der Waals surface area (Å²) in [6, 6.07) is 17.9. The molecule has 2 atom stereocenters. The van der Waals surface area contributed by atoms with Gasteiger partial charge in [0, 0.05) is 6.04 Å². The van der Waals surface area contributed by atoms with Gasteiger partial charge in [-0.1, -0.05) is 60.7 Å². The number of rotatable bonds is 6. The number of carbonyl (C=O) groups excluding carboxylic acids is 1. The fourth-order valence-corrected chi connectivity index (χ4v) is 2.01. The van der Waals surface area contributed by atoms with Crippen molar-refractivity contribution in [1.82, 2.24) is 0 Å². The van der Waals surface area contributed by atoms with Gasteiger partial charge in [0.15, 0.2) is 0 Å². The molecule has 0 amide bonds. The van der Waals surface area contributed by atoms with Gasteiger partial charge < -0.3 is 16.2 Å². The molecule has 0 saturated carbocycles. The van der Waals surface area contributed by atoms with Crippen LogP contribution in [0.2, 0.25) is 0 Å². The standard InChI is InChI=1S/C17H20N2O2/c18-15(11-13-7-3-1-4-8-13)16(19)17(20)21-12-14-9-5-2-6-10-14/h1-10,15-16H,11-12,18-19H2. The molecule has 2 unspecified atom stereocenters. The van der Waals surface area contributed by atoms with E-state index in [-0.39, 0.29) is 6.61 Å². The van der Waals surface area contributed by atoms with E-state index >= 15 is 0 Å². The average Bonchev–Trinajstić information content (AvgIpc) is 2.53. The molecule has 0 saturated heterocycles. The van der Waals surface area contributed by atoms with Crippen LogP contribution in [0.25, 0.3) is 0 Å². The van der Waals surface area contributed by atoms with Gasteiger partial charge in [0.25, 0.3) is 0 Å². The molecule has 0 aliphatic heterocycles. The monoisotopic (exact) mass is 284 g/mol. The SMILES string of the molecule is NC(Cc1ccccc1)C(N)C(=O)OCc1ccccc1. The third-order valence-electron chi connectivity index (χ3n) is 3.27. The number of esters is 1. The molecular formula is C17H20N2O2. The lowest BCUT2D eigenvalue weighted by Gasteiger charge is -2.18. The zero-order valence-corrected chi connectivity index (χ0v) is 11.8. The van der Waals surface area contributed by atoms with Crippen molar-refractivity contribution in [2.45, 2.75) is 25.1 Å². The molecule has 110 valence electrons. The molecular weight excluding hydrogens is 264 g/mol. The lowest BCUT2D eigenvalue weighted by Crippen LogP contribution is -2.49. The maximum absolute atomic E-state index is 11.9. The fraction of sp³-hybridized carbons (Fsp3) is 0.235. The highest BCUT2D eigenvalue weighted by Crippen LogP contribution is 2.06. The van der Waals surface area contributed by atoms with E-state index in [1.807, 2.05) is 60.7 Å². The van der Waals surface area contributed by atoms with Crippen molar-refractivity contribution in [3.63, 3.8) is 0 Å². The third-order valence-corrected chi connectivity index (χ3v) is 3.27. The molecule has 0 heterocycles. The van der Waals surface area contributed by atoms with Gasteiger partial charge in [-0.05, 0) is 17.5 Å². The number of ether oxygens (including phenoxy) is 1. The molecule has 2 aromatic rings. The number of benzene rings is 2. The van der Waals surface area contributed by atoms with Crippen LogP contribution >= 0.6 is 0 Å². The zero-order chi connectivity index (χ0) is 15.1. The molecule has 0 aliphatic rings. The highest BCUT2D eigenvalue weighted by Gasteiger charge is 2.23. The first kappa shape index (κ1) is 15.2. The summed E-state index contributed by atoms with van der Waals surface area (Å²) in [5.74, 6) is -0.470. The maximum Gasteiger partial charge on any atom is 0.324 e. The Morgan fingerprint density at radius 3 is 2.00 bits per heavy atom. The summed E-state index contributed by atoms with van der Waals surface area (Å²) in [5.41, 5.74) is 13.8. The number of hydrogen-bond donors (Lipinski definition) is 2. The van der Waals surface area contributed by atoms with Gasteiger partial charge in [0.1, 0.15) is 12.6 Å². The van der Waals surface area contributed by atoms with Crippen LogP contribution in [0, 0.1) is 0 Å². The summed E-state index contributed by atoms with van der Waals surface area (Å²) >= 11 is 0. The minimum absolute atomic E-state index is 0.214. The van der Waals surface area contributed by atoms with Crippen LogP contribution in [-0.4, -0.2) is 18.1 Å². The summed E-state index contributed by atoms with van der Waals surface area (Å²) in [4.78, 5) is 11.9. The smallest absolute Gasteiger partial charge is 0.324 e. The summed E-state index contributed by atoms with van der Waals surface area (Å²) in [7, 11) is 0. The average molecular weight is 284 g/mol. The first-order valence-corrected chi connectivity index (χ1v) is 6.92. The molecule has 2 aromatic carbocycles. The van der Waals surface area contributed by atoms with Gasteiger partial charge in [-0.2, -0.15) is 0 Å². The van der Waals surface area contributed by atoms with Gasteiger partial charge in [0.05, 0.1) is 0 Å². The van der Waals surface area contributed by atoms with Crippen LogP contribution in [0.4, 0.5) is 0 Å². The Balaban J connectivity index is 1.84. The van der Waals surface area contributed by atoms with E-state index in [0.717, 1.165) is 11.1 Å². The highest BCUT2D eigenvalue weighted by molar-refractivity contribution is 5.76. The summed E-state index contributed by atoms with van der Waals surface area (Å²) < 4.78 is 5.20. The van der Waals surface area contributed by atoms with E-state index in [1.54, 1.807) is 0 Å². The quantitative estimate of drug-likeness (QED) is 0.790. The largest absolute Gasteiger partial charge is 0.460 e. The van der Waals surface area contributed by atoms with Crippen LogP contribution in [0.1, 0.15) is 11.1 Å². The van der Waals surface area contributed by atoms with Crippen molar-refractivity contribution in [2.75, 3.05) is 0 Å². The van der Waals surface area contributed by atoms with Crippen molar-refractivity contribution < 1.29 is 9.53 Å². The van der Waals surface area contributed by atoms with E-state index in [4.69, 9.17) is 16.2 Å². The topological polar surface area (TPSA) is 78.3 Å². The predicted octanol–water partition coefficient (Wildman–Crippen LogP) is 1.63. The molecule has 4 heteroatoms. The minimum atomic E-state index is -0.825. The lowest BCUT2D eigenvalue weighted by molar-refractivity contribution is -0.147. The number of carbonyl (C=O) groups is 1. The molecule has 0 fully saturated rings. The van der Waals surface area contributed by atoms with Crippen molar-refractivity contribution in [2.24, 2.45) is 11.5 Å². The normalized spacial score (nSPS) is 13.4. The Hall–Kier alpha value is -2.17. The van der Waals surface area contributed by atoms with Crippen LogP contribution < -0.4 is 11.5 Å². The second kappa shape index (κ2) is 7.57. The zero-order valence-electron chi connectivity index (χ0n) is 11.8. The van der Waals surface area contributed by atoms with E-state index in [9.17, 15) is 4.79 Å². The number of nitrogens with two attached hydrogens (primary N) is 2. The van der Waals surface area contributed by atoms with Gasteiger partial charge in [-0.3, -0.25) is 4.79 Å². The van der Waals surface area contributed by atoms with Crippen molar-refractivity contribution in [1.29, 1.82) is 0 Å². The van der Waals surface area contributed by atoms with Crippen molar-refractivity contribution in [3.05, 3.63) is 71.8 Å². The predicted molar refractivity (Wildman–Crippen MR) is 82.3 cm³/mol. The van der Waals surface area contributed by atoms with E-state index in [1.165, 1.54) is 0 Å². The number of hydrogen-bond acceptors (Lipinski definition) is 4. The van der Waals surface area contributed by atoms with Crippen LogP contribution in [0.5, 0.6) is 0 Å². The maximum atomic E-state index is 11.9. The van der Waals surface area contributed by atoms with Gasteiger partial charge in [-0.25, -0.2) is 0 Å². The summed E-state index contributed by atoms with van der Waals surface area (Å²) in [5, 5.41) is 0. The van der Waals surface area contributed by atoms with E-state index in [2.05, 4.69) is 0 Å². The van der Waals surface area contributed by atoms with Crippen LogP contribution in [0.3, 0.4) is 0 Å². The van der Waals surface area contributed by atoms with Crippen molar-refractivity contribution in [3.8, 4) is 0 Å². The Labute approximate surface area is 124 Å². The molecule has 0 aliphatic carbocycles. The Morgan fingerprint density at radius 2 is 1.43 bits per heavy atom. The lowest BCUT2D eigenvalue weighted by atomic mass is 10.0. The highest BCUT2D eigenvalue weighted by atomic mass is 16.5. The second-order valence-corrected chi connectivity index (χ2v) is 4.97. The summed E-state index contributed by atoms with van der Waals surface area (Å²) in [6.07, 6.45) is 0.544.